The molecule has 2 rings (SSSR count). The van der Waals surface area contributed by atoms with Gasteiger partial charge in [0.2, 0.25) is 0 Å². The fourth-order valence-electron chi connectivity index (χ4n) is 1.37. The number of anilines is 1. The highest BCUT2D eigenvalue weighted by Gasteiger charge is 2.08. The van der Waals surface area contributed by atoms with Crippen LogP contribution < -0.4 is 11.3 Å². The topological polar surface area (TPSA) is 117 Å². The van der Waals surface area contributed by atoms with Gasteiger partial charge >= 0.3 is 0 Å². The van der Waals surface area contributed by atoms with Gasteiger partial charge in [0.15, 0.2) is 0 Å². The van der Waals surface area contributed by atoms with Crippen molar-refractivity contribution >= 4 is 11.5 Å². The van der Waals surface area contributed by atoms with Crippen molar-refractivity contribution in [1.29, 1.82) is 0 Å². The lowest BCUT2D eigenvalue weighted by atomic mass is 10.4. The van der Waals surface area contributed by atoms with Crippen molar-refractivity contribution in [3.8, 4) is 0 Å². The summed E-state index contributed by atoms with van der Waals surface area (Å²) in [7, 11) is 0. The molecule has 0 amide bonds. The van der Waals surface area contributed by atoms with E-state index in [-0.39, 0.29) is 23.6 Å². The average Bonchev–Trinajstić information content (AvgIpc) is 2.34. The number of nitro groups is 1. The number of nitrogens with zero attached hydrogens (tertiary/aromatic N) is 4. The van der Waals surface area contributed by atoms with Crippen LogP contribution in [0, 0.1) is 10.1 Å². The Balaban J connectivity index is 2.33. The maximum atomic E-state index is 11.5. The molecule has 2 heterocycles. The van der Waals surface area contributed by atoms with Crippen molar-refractivity contribution in [1.82, 2.24) is 14.5 Å². The molecule has 0 unspecified atom stereocenters. The van der Waals surface area contributed by atoms with Crippen LogP contribution in [-0.4, -0.2) is 19.5 Å². The molecule has 2 aromatic heterocycles. The molecule has 0 aliphatic heterocycles. The Morgan fingerprint density at radius 1 is 1.33 bits per heavy atom. The van der Waals surface area contributed by atoms with Crippen LogP contribution in [0.25, 0.3) is 0 Å². The summed E-state index contributed by atoms with van der Waals surface area (Å²) in [5.74, 6) is 0.269. The Labute approximate surface area is 101 Å². The van der Waals surface area contributed by atoms with E-state index in [1.54, 1.807) is 0 Å². The number of nitrogens with two attached hydrogens (primary N) is 1. The Morgan fingerprint density at radius 2 is 2.11 bits per heavy atom. The van der Waals surface area contributed by atoms with Crippen molar-refractivity contribution in [2.45, 2.75) is 6.54 Å². The average molecular weight is 247 g/mol. The molecule has 8 nitrogen and oxygen atoms in total. The molecule has 92 valence electrons. The predicted octanol–water partition coefficient (Wildman–Crippen LogP) is 0.177. The smallest absolute Gasteiger partial charge is 0.285 e. The molecule has 0 aromatic carbocycles. The minimum absolute atomic E-state index is 0.105. The molecule has 0 aliphatic carbocycles. The molecule has 0 spiro atoms. The summed E-state index contributed by atoms with van der Waals surface area (Å²) in [5, 5.41) is 10.6. The zero-order chi connectivity index (χ0) is 13.1. The summed E-state index contributed by atoms with van der Waals surface area (Å²) < 4.78 is 1.19. The fraction of sp³-hybridized carbons (Fsp3) is 0.100. The summed E-state index contributed by atoms with van der Waals surface area (Å²) in [4.78, 5) is 29.4. The Kier molecular flexibility index (Phi) is 3.00. The minimum Gasteiger partial charge on any atom is -0.382 e. The molecule has 0 saturated heterocycles. The Hall–Kier alpha value is -2.77. The first-order chi connectivity index (χ1) is 8.56. The van der Waals surface area contributed by atoms with Gasteiger partial charge in [-0.05, 0) is 0 Å². The Morgan fingerprint density at radius 3 is 2.72 bits per heavy atom. The van der Waals surface area contributed by atoms with E-state index in [0.717, 1.165) is 12.1 Å². The molecule has 0 radical (unpaired) electrons. The monoisotopic (exact) mass is 247 g/mol. The van der Waals surface area contributed by atoms with Crippen molar-refractivity contribution in [3.63, 3.8) is 0 Å². The van der Waals surface area contributed by atoms with E-state index in [2.05, 4.69) is 9.97 Å². The number of aromatic nitrogens is 3. The number of pyridine rings is 1. The van der Waals surface area contributed by atoms with Gasteiger partial charge in [-0.25, -0.2) is 4.98 Å². The van der Waals surface area contributed by atoms with Gasteiger partial charge in [0.25, 0.3) is 11.2 Å². The van der Waals surface area contributed by atoms with Crippen LogP contribution in [0.1, 0.15) is 5.69 Å². The van der Waals surface area contributed by atoms with Crippen LogP contribution in [-0.2, 0) is 6.54 Å². The van der Waals surface area contributed by atoms with E-state index >= 15 is 0 Å². The predicted molar refractivity (Wildman–Crippen MR) is 62.9 cm³/mol. The highest BCUT2D eigenvalue weighted by atomic mass is 16.6. The number of rotatable bonds is 3. The fourth-order valence-corrected chi connectivity index (χ4v) is 1.37. The normalized spacial score (nSPS) is 10.2. The SMILES string of the molecule is Nc1cnc(Cn2cc([N+](=O)[O-])ccc2=O)cn1. The molecule has 0 bridgehead atoms. The van der Waals surface area contributed by atoms with Crippen molar-refractivity contribution in [2.24, 2.45) is 0 Å². The first-order valence-electron chi connectivity index (χ1n) is 4.97. The van der Waals surface area contributed by atoms with Gasteiger partial charge in [-0.3, -0.25) is 19.9 Å². The molecule has 18 heavy (non-hydrogen) atoms. The van der Waals surface area contributed by atoms with Crippen molar-refractivity contribution in [3.05, 3.63) is 56.9 Å². The van der Waals surface area contributed by atoms with E-state index < -0.39 is 4.92 Å². The minimum atomic E-state index is -0.565. The number of nitrogen functional groups attached to an aromatic ring is 1. The van der Waals surface area contributed by atoms with Crippen molar-refractivity contribution in [2.75, 3.05) is 5.73 Å². The molecule has 2 aromatic rings. The molecule has 8 heteroatoms. The third-order valence-electron chi connectivity index (χ3n) is 2.24. The molecular weight excluding hydrogens is 238 g/mol. The first kappa shape index (κ1) is 11.7. The van der Waals surface area contributed by atoms with E-state index in [4.69, 9.17) is 5.73 Å². The van der Waals surface area contributed by atoms with Crippen LogP contribution in [0.3, 0.4) is 0 Å². The van der Waals surface area contributed by atoms with E-state index in [1.165, 1.54) is 23.2 Å². The maximum absolute atomic E-state index is 11.5. The van der Waals surface area contributed by atoms with Gasteiger partial charge < -0.3 is 10.3 Å². The lowest BCUT2D eigenvalue weighted by Crippen LogP contribution is -2.20. The van der Waals surface area contributed by atoms with Crippen molar-refractivity contribution < 1.29 is 4.92 Å². The van der Waals surface area contributed by atoms with Crippen LogP contribution in [0.2, 0.25) is 0 Å². The quantitative estimate of drug-likeness (QED) is 0.610. The van der Waals surface area contributed by atoms with E-state index in [0.29, 0.717) is 5.69 Å². The van der Waals surface area contributed by atoms with Gasteiger partial charge in [-0.1, -0.05) is 0 Å². The first-order valence-corrected chi connectivity index (χ1v) is 4.97. The van der Waals surface area contributed by atoms with E-state index in [1.807, 2.05) is 0 Å². The van der Waals surface area contributed by atoms with Gasteiger partial charge in [0.05, 0.1) is 35.8 Å². The highest BCUT2D eigenvalue weighted by molar-refractivity contribution is 5.26. The van der Waals surface area contributed by atoms with Gasteiger partial charge in [-0.15, -0.1) is 0 Å². The van der Waals surface area contributed by atoms with Gasteiger partial charge in [-0.2, -0.15) is 0 Å². The highest BCUT2D eigenvalue weighted by Crippen LogP contribution is 2.07. The third-order valence-corrected chi connectivity index (χ3v) is 2.24. The Bertz CT molecular complexity index is 635. The van der Waals surface area contributed by atoms with Gasteiger partial charge in [0, 0.05) is 12.1 Å². The van der Waals surface area contributed by atoms with Crippen LogP contribution in [0.5, 0.6) is 0 Å². The van der Waals surface area contributed by atoms with Crippen LogP contribution >= 0.6 is 0 Å². The molecule has 0 aliphatic rings. The number of hydrogen-bond acceptors (Lipinski definition) is 6. The lowest BCUT2D eigenvalue weighted by Gasteiger charge is -2.04. The zero-order valence-electron chi connectivity index (χ0n) is 9.18. The second-order valence-electron chi connectivity index (χ2n) is 3.54. The van der Waals surface area contributed by atoms with Gasteiger partial charge in [0.1, 0.15) is 5.82 Å². The molecular formula is C10H9N5O3. The standard InChI is InChI=1S/C10H9N5O3/c11-9-4-12-7(3-13-9)5-14-6-8(15(17)18)1-2-10(14)16/h1-4,6H,5H2,(H2,11,13). The summed E-state index contributed by atoms with van der Waals surface area (Å²) in [6.45, 7) is 0.105. The number of hydrogen-bond donors (Lipinski definition) is 1. The summed E-state index contributed by atoms with van der Waals surface area (Å²) >= 11 is 0. The van der Waals surface area contributed by atoms with Crippen LogP contribution in [0.15, 0.2) is 35.5 Å². The summed E-state index contributed by atoms with van der Waals surface area (Å²) in [6.07, 6.45) is 3.94. The zero-order valence-corrected chi connectivity index (χ0v) is 9.18. The lowest BCUT2D eigenvalue weighted by molar-refractivity contribution is -0.385. The molecule has 2 N–H and O–H groups in total. The second kappa shape index (κ2) is 4.62. The third kappa shape index (κ3) is 2.48. The van der Waals surface area contributed by atoms with E-state index in [9.17, 15) is 14.9 Å². The maximum Gasteiger partial charge on any atom is 0.285 e. The molecule has 0 fully saturated rings. The molecule has 0 saturated carbocycles. The van der Waals surface area contributed by atoms with Crippen LogP contribution in [0.4, 0.5) is 11.5 Å². The summed E-state index contributed by atoms with van der Waals surface area (Å²) in [6, 6.07) is 2.30. The second-order valence-corrected chi connectivity index (χ2v) is 3.54. The summed E-state index contributed by atoms with van der Waals surface area (Å²) in [5.41, 5.74) is 5.37. The largest absolute Gasteiger partial charge is 0.382 e. The molecule has 0 atom stereocenters.